The average molecular weight is 323 g/mol. The summed E-state index contributed by atoms with van der Waals surface area (Å²) in [6.07, 6.45) is -5.82. The van der Waals surface area contributed by atoms with Crippen molar-refractivity contribution in [2.24, 2.45) is 5.92 Å². The molecule has 1 unspecified atom stereocenters. The molecule has 0 aliphatic carbocycles. The molecule has 1 N–H and O–H groups in total. The van der Waals surface area contributed by atoms with Crippen molar-refractivity contribution in [1.82, 2.24) is 5.32 Å². The molecule has 84 valence electrons. The third-order valence-electron chi connectivity index (χ3n) is 1.68. The van der Waals surface area contributed by atoms with Gasteiger partial charge in [0, 0.05) is 10.5 Å². The number of carbonyl (C=O) groups excluding carboxylic acids is 1. The molecule has 6 heteroatoms. The zero-order valence-corrected chi connectivity index (χ0v) is 10.1. The topological polar surface area (TPSA) is 29.1 Å². The van der Waals surface area contributed by atoms with E-state index >= 15 is 0 Å². The van der Waals surface area contributed by atoms with Crippen molar-refractivity contribution in [3.05, 3.63) is 0 Å². The van der Waals surface area contributed by atoms with E-state index < -0.39 is 18.5 Å². The normalized spacial score (nSPS) is 14.2. The number of hydrogen-bond acceptors (Lipinski definition) is 1. The molecule has 0 aromatic rings. The van der Waals surface area contributed by atoms with Gasteiger partial charge in [0.1, 0.15) is 6.42 Å². The van der Waals surface area contributed by atoms with Crippen molar-refractivity contribution in [1.29, 1.82) is 0 Å². The van der Waals surface area contributed by atoms with E-state index in [1.165, 1.54) is 0 Å². The van der Waals surface area contributed by atoms with Gasteiger partial charge < -0.3 is 5.32 Å². The molecule has 14 heavy (non-hydrogen) atoms. The van der Waals surface area contributed by atoms with Crippen LogP contribution in [0.5, 0.6) is 0 Å². The van der Waals surface area contributed by atoms with Crippen LogP contribution in [0.2, 0.25) is 0 Å². The molecule has 0 aliphatic rings. The smallest absolute Gasteiger partial charge is 0.352 e. The first-order valence-corrected chi connectivity index (χ1v) is 5.71. The molecule has 0 bridgehead atoms. The summed E-state index contributed by atoms with van der Waals surface area (Å²) in [5.41, 5.74) is 0. The standard InChI is InChI=1S/C8H13F3INO/c1-5(2)6(4-12)13-7(14)3-8(9,10)11/h5-6H,3-4H2,1-2H3,(H,13,14). The van der Waals surface area contributed by atoms with Gasteiger partial charge >= 0.3 is 6.18 Å². The molecule has 0 aromatic carbocycles. The molecule has 0 aliphatic heterocycles. The van der Waals surface area contributed by atoms with E-state index in [-0.39, 0.29) is 12.0 Å². The fourth-order valence-electron chi connectivity index (χ4n) is 0.823. The van der Waals surface area contributed by atoms with Gasteiger partial charge in [-0.2, -0.15) is 13.2 Å². The van der Waals surface area contributed by atoms with Gasteiger partial charge in [-0.05, 0) is 5.92 Å². The summed E-state index contributed by atoms with van der Waals surface area (Å²) in [4.78, 5) is 10.9. The van der Waals surface area contributed by atoms with Crippen LogP contribution in [0.4, 0.5) is 13.2 Å². The van der Waals surface area contributed by atoms with Gasteiger partial charge in [-0.3, -0.25) is 4.79 Å². The van der Waals surface area contributed by atoms with E-state index in [0.29, 0.717) is 4.43 Å². The Balaban J connectivity index is 4.04. The summed E-state index contributed by atoms with van der Waals surface area (Å²) >= 11 is 2.04. The Morgan fingerprint density at radius 2 is 1.93 bits per heavy atom. The maximum absolute atomic E-state index is 11.8. The van der Waals surface area contributed by atoms with Gasteiger partial charge in [0.2, 0.25) is 5.91 Å². The first-order valence-electron chi connectivity index (χ1n) is 4.18. The molecule has 2 nitrogen and oxygen atoms in total. The van der Waals surface area contributed by atoms with Crippen molar-refractivity contribution < 1.29 is 18.0 Å². The van der Waals surface area contributed by atoms with Gasteiger partial charge in [-0.1, -0.05) is 36.4 Å². The molecule has 0 saturated heterocycles. The molecule has 0 aromatic heterocycles. The van der Waals surface area contributed by atoms with E-state index in [1.807, 2.05) is 36.4 Å². The zero-order chi connectivity index (χ0) is 11.4. The van der Waals surface area contributed by atoms with Gasteiger partial charge in [0.05, 0.1) is 0 Å². The van der Waals surface area contributed by atoms with Crippen molar-refractivity contribution in [2.75, 3.05) is 4.43 Å². The molecule has 0 rings (SSSR count). The summed E-state index contributed by atoms with van der Waals surface area (Å²) in [5, 5.41) is 2.36. The molecule has 0 heterocycles. The van der Waals surface area contributed by atoms with E-state index in [1.54, 1.807) is 0 Å². The van der Waals surface area contributed by atoms with Crippen molar-refractivity contribution >= 4 is 28.5 Å². The number of nitrogens with one attached hydrogen (secondary N) is 1. The Bertz CT molecular complexity index is 194. The van der Waals surface area contributed by atoms with Crippen LogP contribution < -0.4 is 5.32 Å². The van der Waals surface area contributed by atoms with Gasteiger partial charge in [-0.25, -0.2) is 0 Å². The third kappa shape index (κ3) is 6.44. The molecule has 0 radical (unpaired) electrons. The van der Waals surface area contributed by atoms with Crippen molar-refractivity contribution in [2.45, 2.75) is 32.5 Å². The van der Waals surface area contributed by atoms with E-state index in [0.717, 1.165) is 0 Å². The number of amides is 1. The zero-order valence-electron chi connectivity index (χ0n) is 7.99. The predicted molar refractivity (Wildman–Crippen MR) is 56.3 cm³/mol. The van der Waals surface area contributed by atoms with Crippen LogP contribution in [-0.4, -0.2) is 22.6 Å². The van der Waals surface area contributed by atoms with E-state index in [9.17, 15) is 18.0 Å². The number of rotatable bonds is 4. The third-order valence-corrected chi connectivity index (χ3v) is 2.63. The highest BCUT2D eigenvalue weighted by Crippen LogP contribution is 2.19. The predicted octanol–water partition coefficient (Wildman–Crippen LogP) is 2.51. The summed E-state index contributed by atoms with van der Waals surface area (Å²) in [5.74, 6) is -0.808. The Morgan fingerprint density at radius 1 is 1.43 bits per heavy atom. The highest BCUT2D eigenvalue weighted by Gasteiger charge is 2.32. The fourth-order valence-corrected chi connectivity index (χ4v) is 2.06. The summed E-state index contributed by atoms with van der Waals surface area (Å²) in [7, 11) is 0. The second kappa shape index (κ2) is 5.77. The number of halogens is 4. The first kappa shape index (κ1) is 14.0. The Morgan fingerprint density at radius 3 is 2.21 bits per heavy atom. The summed E-state index contributed by atoms with van der Waals surface area (Å²) < 4.78 is 36.0. The molecular formula is C8H13F3INO. The summed E-state index contributed by atoms with van der Waals surface area (Å²) in [6, 6.07) is -0.189. The van der Waals surface area contributed by atoms with Crippen LogP contribution in [0.25, 0.3) is 0 Å². The molecular weight excluding hydrogens is 310 g/mol. The SMILES string of the molecule is CC(C)C(CI)NC(=O)CC(F)(F)F. The minimum absolute atomic E-state index is 0.143. The van der Waals surface area contributed by atoms with Crippen LogP contribution in [0.15, 0.2) is 0 Å². The van der Waals surface area contributed by atoms with E-state index in [2.05, 4.69) is 5.32 Å². The number of hydrogen-bond donors (Lipinski definition) is 1. The van der Waals surface area contributed by atoms with Crippen LogP contribution >= 0.6 is 22.6 Å². The highest BCUT2D eigenvalue weighted by molar-refractivity contribution is 14.1. The lowest BCUT2D eigenvalue weighted by Gasteiger charge is -2.20. The van der Waals surface area contributed by atoms with Crippen LogP contribution in [-0.2, 0) is 4.79 Å². The lowest BCUT2D eigenvalue weighted by atomic mass is 10.1. The second-order valence-electron chi connectivity index (χ2n) is 3.36. The fraction of sp³-hybridized carbons (Fsp3) is 0.875. The quantitative estimate of drug-likeness (QED) is 0.625. The Hall–Kier alpha value is -0.0100. The Labute approximate surface area is 94.8 Å². The van der Waals surface area contributed by atoms with Crippen LogP contribution in [0.3, 0.4) is 0 Å². The minimum atomic E-state index is -4.42. The molecule has 0 fully saturated rings. The second-order valence-corrected chi connectivity index (χ2v) is 4.25. The Kier molecular flexibility index (Phi) is 5.77. The highest BCUT2D eigenvalue weighted by atomic mass is 127. The van der Waals surface area contributed by atoms with Gasteiger partial charge in [0.15, 0.2) is 0 Å². The maximum Gasteiger partial charge on any atom is 0.397 e. The van der Waals surface area contributed by atoms with Crippen molar-refractivity contribution in [3.63, 3.8) is 0 Å². The minimum Gasteiger partial charge on any atom is -0.352 e. The largest absolute Gasteiger partial charge is 0.397 e. The molecule has 0 saturated carbocycles. The average Bonchev–Trinajstić information content (AvgIpc) is 1.96. The van der Waals surface area contributed by atoms with Crippen molar-refractivity contribution in [3.8, 4) is 0 Å². The van der Waals surface area contributed by atoms with Gasteiger partial charge in [0.25, 0.3) is 0 Å². The maximum atomic E-state index is 11.8. The molecule has 1 amide bonds. The van der Waals surface area contributed by atoms with Crippen LogP contribution in [0.1, 0.15) is 20.3 Å². The number of alkyl halides is 4. The summed E-state index contributed by atoms with van der Waals surface area (Å²) in [6.45, 7) is 3.72. The van der Waals surface area contributed by atoms with Crippen LogP contribution in [0, 0.1) is 5.92 Å². The molecule has 1 atom stereocenters. The first-order chi connectivity index (χ1) is 6.26. The number of carbonyl (C=O) groups is 1. The van der Waals surface area contributed by atoms with E-state index in [4.69, 9.17) is 0 Å². The van der Waals surface area contributed by atoms with Gasteiger partial charge in [-0.15, -0.1) is 0 Å². The lowest BCUT2D eigenvalue weighted by molar-refractivity contribution is -0.154. The lowest BCUT2D eigenvalue weighted by Crippen LogP contribution is -2.41. The molecule has 0 spiro atoms. The monoisotopic (exact) mass is 323 g/mol.